The van der Waals surface area contributed by atoms with Gasteiger partial charge in [0.2, 0.25) is 11.8 Å². The standard InChI is InChI=1S/C19H23N3O5/c1-21-16-12(7-8-19(9-10-19)27-11-23)3-2-4-13(16)22(18(21)26)14-5-6-15(24)20-17(14)25/h2-4,14,23H,5-11H2,1H3,(H,20,24,25). The van der Waals surface area contributed by atoms with Crippen molar-refractivity contribution in [3.63, 3.8) is 0 Å². The number of fused-ring (bicyclic) bond motifs is 1. The average molecular weight is 373 g/mol. The van der Waals surface area contributed by atoms with Crippen LogP contribution in [-0.2, 0) is 27.8 Å². The van der Waals surface area contributed by atoms with Crippen molar-refractivity contribution in [2.75, 3.05) is 6.79 Å². The molecule has 2 heterocycles. The van der Waals surface area contributed by atoms with Crippen molar-refractivity contribution in [3.05, 3.63) is 34.2 Å². The molecule has 1 atom stereocenters. The molecule has 8 heteroatoms. The van der Waals surface area contributed by atoms with E-state index < -0.39 is 11.9 Å². The minimum Gasteiger partial charge on any atom is -0.371 e. The van der Waals surface area contributed by atoms with Gasteiger partial charge in [0.15, 0.2) is 0 Å². The van der Waals surface area contributed by atoms with E-state index in [9.17, 15) is 14.4 Å². The molecule has 2 aromatic rings. The van der Waals surface area contributed by atoms with Crippen molar-refractivity contribution < 1.29 is 19.4 Å². The van der Waals surface area contributed by atoms with Crippen LogP contribution in [0.5, 0.6) is 0 Å². The molecular formula is C19H23N3O5. The molecule has 4 rings (SSSR count). The Kier molecular flexibility index (Phi) is 4.39. The summed E-state index contributed by atoms with van der Waals surface area (Å²) in [5, 5.41) is 11.4. The van der Waals surface area contributed by atoms with Gasteiger partial charge in [-0.25, -0.2) is 4.79 Å². The number of aliphatic hydroxyl groups excluding tert-OH is 1. The molecule has 2 fully saturated rings. The van der Waals surface area contributed by atoms with Gasteiger partial charge in [0.05, 0.1) is 16.6 Å². The van der Waals surface area contributed by atoms with Crippen molar-refractivity contribution >= 4 is 22.8 Å². The van der Waals surface area contributed by atoms with Crippen LogP contribution in [0.1, 0.15) is 43.7 Å². The molecule has 1 unspecified atom stereocenters. The number of ether oxygens (including phenoxy) is 1. The second-order valence-electron chi connectivity index (χ2n) is 7.42. The third-order valence-corrected chi connectivity index (χ3v) is 5.74. The third kappa shape index (κ3) is 3.08. The van der Waals surface area contributed by atoms with Crippen LogP contribution in [0.4, 0.5) is 0 Å². The number of imide groups is 1. The fourth-order valence-electron chi connectivity index (χ4n) is 4.06. The van der Waals surface area contributed by atoms with Crippen LogP contribution in [0.15, 0.2) is 23.0 Å². The van der Waals surface area contributed by atoms with Crippen LogP contribution in [0.3, 0.4) is 0 Å². The van der Waals surface area contributed by atoms with E-state index in [0.29, 0.717) is 18.4 Å². The number of aliphatic hydroxyl groups is 1. The molecule has 0 radical (unpaired) electrons. The van der Waals surface area contributed by atoms with E-state index in [4.69, 9.17) is 9.84 Å². The number of rotatable bonds is 6. The molecule has 2 N–H and O–H groups in total. The van der Waals surface area contributed by atoms with E-state index in [1.54, 1.807) is 11.6 Å². The van der Waals surface area contributed by atoms with Gasteiger partial charge in [-0.05, 0) is 43.7 Å². The molecule has 0 bridgehead atoms. The summed E-state index contributed by atoms with van der Waals surface area (Å²) >= 11 is 0. The first-order chi connectivity index (χ1) is 13.0. The van der Waals surface area contributed by atoms with Gasteiger partial charge in [0.25, 0.3) is 0 Å². The van der Waals surface area contributed by atoms with E-state index in [1.165, 1.54) is 4.57 Å². The van der Waals surface area contributed by atoms with E-state index in [-0.39, 0.29) is 30.4 Å². The van der Waals surface area contributed by atoms with Gasteiger partial charge in [0, 0.05) is 13.5 Å². The van der Waals surface area contributed by atoms with Crippen LogP contribution in [-0.4, -0.2) is 38.4 Å². The Morgan fingerprint density at radius 1 is 1.30 bits per heavy atom. The molecule has 1 saturated heterocycles. The third-order valence-electron chi connectivity index (χ3n) is 5.74. The van der Waals surface area contributed by atoms with Gasteiger partial charge in [-0.1, -0.05) is 12.1 Å². The normalized spacial score (nSPS) is 21.5. The first kappa shape index (κ1) is 17.9. The van der Waals surface area contributed by atoms with Crippen molar-refractivity contribution in [1.29, 1.82) is 0 Å². The number of carbonyl (C=O) groups excluding carboxylic acids is 2. The van der Waals surface area contributed by atoms with Gasteiger partial charge in [0.1, 0.15) is 12.8 Å². The summed E-state index contributed by atoms with van der Waals surface area (Å²) in [5.41, 5.74) is 1.99. The Labute approximate surface area is 155 Å². The maximum absolute atomic E-state index is 12.9. The second kappa shape index (κ2) is 6.61. The Hall–Kier alpha value is -2.45. The average Bonchev–Trinajstić information content (AvgIpc) is 3.36. The molecule has 1 aromatic carbocycles. The van der Waals surface area contributed by atoms with E-state index in [2.05, 4.69) is 5.32 Å². The fraction of sp³-hybridized carbons (Fsp3) is 0.526. The number of para-hydroxylation sites is 1. The highest BCUT2D eigenvalue weighted by Crippen LogP contribution is 2.43. The quantitative estimate of drug-likeness (QED) is 0.575. The lowest BCUT2D eigenvalue weighted by atomic mass is 10.0. The second-order valence-corrected chi connectivity index (χ2v) is 7.42. The lowest BCUT2D eigenvalue weighted by Crippen LogP contribution is -2.44. The van der Waals surface area contributed by atoms with Crippen molar-refractivity contribution in [1.82, 2.24) is 14.5 Å². The van der Waals surface area contributed by atoms with Crippen LogP contribution in [0.2, 0.25) is 0 Å². The number of hydrogen-bond acceptors (Lipinski definition) is 5. The fourth-order valence-corrected chi connectivity index (χ4v) is 4.06. The van der Waals surface area contributed by atoms with Gasteiger partial charge < -0.3 is 9.84 Å². The largest absolute Gasteiger partial charge is 0.371 e. The highest BCUT2D eigenvalue weighted by molar-refractivity contribution is 6.00. The summed E-state index contributed by atoms with van der Waals surface area (Å²) in [7, 11) is 1.70. The zero-order valence-electron chi connectivity index (χ0n) is 15.2. The lowest BCUT2D eigenvalue weighted by molar-refractivity contribution is -0.135. The predicted octanol–water partition coefficient (Wildman–Crippen LogP) is 0.749. The Bertz CT molecular complexity index is 970. The zero-order valence-corrected chi connectivity index (χ0v) is 15.2. The molecule has 1 saturated carbocycles. The van der Waals surface area contributed by atoms with E-state index in [0.717, 1.165) is 30.3 Å². The highest BCUT2D eigenvalue weighted by atomic mass is 16.6. The lowest BCUT2D eigenvalue weighted by Gasteiger charge is -2.22. The minimum atomic E-state index is -0.679. The number of carbonyl (C=O) groups is 2. The Balaban J connectivity index is 1.71. The number of benzene rings is 1. The monoisotopic (exact) mass is 373 g/mol. The number of hydrogen-bond donors (Lipinski definition) is 2. The van der Waals surface area contributed by atoms with Gasteiger partial charge in [-0.3, -0.25) is 24.0 Å². The maximum atomic E-state index is 12.9. The molecule has 8 nitrogen and oxygen atoms in total. The molecular weight excluding hydrogens is 350 g/mol. The summed E-state index contributed by atoms with van der Waals surface area (Å²) in [6.07, 6.45) is 3.88. The van der Waals surface area contributed by atoms with Crippen molar-refractivity contribution in [2.24, 2.45) is 7.05 Å². The number of nitrogens with one attached hydrogen (secondary N) is 1. The topological polar surface area (TPSA) is 103 Å². The van der Waals surface area contributed by atoms with Crippen molar-refractivity contribution in [2.45, 2.75) is 50.2 Å². The maximum Gasteiger partial charge on any atom is 0.329 e. The molecule has 0 spiro atoms. The molecule has 144 valence electrons. The number of aryl methyl sites for hydroxylation is 2. The van der Waals surface area contributed by atoms with E-state index >= 15 is 0 Å². The van der Waals surface area contributed by atoms with Crippen LogP contribution < -0.4 is 11.0 Å². The molecule has 27 heavy (non-hydrogen) atoms. The summed E-state index contributed by atoms with van der Waals surface area (Å²) in [4.78, 5) is 36.6. The first-order valence-corrected chi connectivity index (χ1v) is 9.23. The molecule has 1 aliphatic carbocycles. The molecule has 1 aromatic heterocycles. The summed E-state index contributed by atoms with van der Waals surface area (Å²) in [5.74, 6) is -0.733. The van der Waals surface area contributed by atoms with Crippen LogP contribution in [0, 0.1) is 0 Å². The highest BCUT2D eigenvalue weighted by Gasteiger charge is 2.43. The number of nitrogens with zero attached hydrogens (tertiary/aromatic N) is 2. The first-order valence-electron chi connectivity index (χ1n) is 9.23. The SMILES string of the molecule is Cn1c(=O)n(C2CCC(=O)NC2=O)c2cccc(CCC3(OCO)CC3)c21. The Morgan fingerprint density at radius 3 is 2.74 bits per heavy atom. The molecule has 2 aliphatic rings. The number of piperidine rings is 1. The summed E-state index contributed by atoms with van der Waals surface area (Å²) in [6, 6.07) is 5.01. The Morgan fingerprint density at radius 2 is 2.07 bits per heavy atom. The molecule has 2 amide bonds. The van der Waals surface area contributed by atoms with Crippen LogP contribution >= 0.6 is 0 Å². The smallest absolute Gasteiger partial charge is 0.329 e. The van der Waals surface area contributed by atoms with Gasteiger partial charge >= 0.3 is 5.69 Å². The zero-order chi connectivity index (χ0) is 19.2. The summed E-state index contributed by atoms with van der Waals surface area (Å²) in [6.45, 7) is -0.283. The van der Waals surface area contributed by atoms with Crippen LogP contribution in [0.25, 0.3) is 11.0 Å². The van der Waals surface area contributed by atoms with Gasteiger partial charge in [-0.2, -0.15) is 0 Å². The molecule has 1 aliphatic heterocycles. The van der Waals surface area contributed by atoms with Crippen molar-refractivity contribution in [3.8, 4) is 0 Å². The van der Waals surface area contributed by atoms with E-state index in [1.807, 2.05) is 18.2 Å². The minimum absolute atomic E-state index is 0.222. The number of imidazole rings is 1. The summed E-state index contributed by atoms with van der Waals surface area (Å²) < 4.78 is 8.52. The number of amides is 2. The van der Waals surface area contributed by atoms with Gasteiger partial charge in [-0.15, -0.1) is 0 Å². The number of aromatic nitrogens is 2. The predicted molar refractivity (Wildman–Crippen MR) is 97.1 cm³/mol.